The van der Waals surface area contributed by atoms with Gasteiger partial charge in [-0.05, 0) is 36.4 Å². The van der Waals surface area contributed by atoms with E-state index in [1.807, 2.05) is 12.1 Å². The molecule has 1 aromatic heterocycles. The van der Waals surface area contributed by atoms with Gasteiger partial charge in [-0.2, -0.15) is 0 Å². The maximum atomic E-state index is 12.1. The maximum Gasteiger partial charge on any atom is 0.291 e. The molecule has 0 atom stereocenters. The minimum atomic E-state index is -0.458. The second kappa shape index (κ2) is 5.49. The first-order chi connectivity index (χ1) is 10.1. The van der Waals surface area contributed by atoms with E-state index in [-0.39, 0.29) is 11.4 Å². The molecule has 0 bridgehead atoms. The van der Waals surface area contributed by atoms with Crippen molar-refractivity contribution in [1.82, 2.24) is 9.97 Å². The van der Waals surface area contributed by atoms with E-state index in [2.05, 4.69) is 31.2 Å². The number of hydrogen-bond donors (Lipinski definition) is 2. The zero-order valence-electron chi connectivity index (χ0n) is 10.8. The van der Waals surface area contributed by atoms with Crippen molar-refractivity contribution < 1.29 is 4.79 Å². The fraction of sp³-hybridized carbons (Fsp3) is 0. The van der Waals surface area contributed by atoms with Gasteiger partial charge in [-0.25, -0.2) is 4.98 Å². The number of nitrogens with one attached hydrogen (secondary N) is 2. The van der Waals surface area contributed by atoms with Crippen LogP contribution in [0, 0.1) is 0 Å². The summed E-state index contributed by atoms with van der Waals surface area (Å²) in [5.41, 5.74) is 0.780. The van der Waals surface area contributed by atoms with Crippen molar-refractivity contribution in [2.24, 2.45) is 0 Å². The van der Waals surface area contributed by atoms with Gasteiger partial charge in [0.1, 0.15) is 0 Å². The number of carbonyl (C=O) groups excluding carboxylic acids is 1. The number of amides is 1. The number of anilines is 1. The molecule has 1 heterocycles. The van der Waals surface area contributed by atoms with E-state index >= 15 is 0 Å². The molecule has 0 saturated heterocycles. The Balaban J connectivity index is 1.94. The Kier molecular flexibility index (Phi) is 3.53. The molecule has 1 amide bonds. The normalized spacial score (nSPS) is 10.5. The standard InChI is InChI=1S/C15H10BrN3O2/c16-9-5-7-10(8-6-9)17-15(21)13-18-12-4-2-1-3-11(12)14(20)19-13/h1-8H,(H,17,21)(H,18,19,20). The number of H-pyrrole nitrogens is 1. The summed E-state index contributed by atoms with van der Waals surface area (Å²) in [6.07, 6.45) is 0. The molecular formula is C15H10BrN3O2. The Labute approximate surface area is 128 Å². The molecular weight excluding hydrogens is 334 g/mol. The van der Waals surface area contributed by atoms with Crippen LogP contribution in [0.2, 0.25) is 0 Å². The maximum absolute atomic E-state index is 12.1. The lowest BCUT2D eigenvalue weighted by Gasteiger charge is -2.05. The van der Waals surface area contributed by atoms with E-state index in [0.29, 0.717) is 16.6 Å². The molecule has 21 heavy (non-hydrogen) atoms. The Morgan fingerprint density at radius 2 is 1.81 bits per heavy atom. The predicted octanol–water partition coefficient (Wildman–Crippen LogP) is 2.94. The van der Waals surface area contributed by atoms with E-state index in [1.165, 1.54) is 0 Å². The van der Waals surface area contributed by atoms with Crippen LogP contribution in [0.5, 0.6) is 0 Å². The van der Waals surface area contributed by atoms with Crippen LogP contribution in [0.1, 0.15) is 10.6 Å². The quantitative estimate of drug-likeness (QED) is 0.751. The Morgan fingerprint density at radius 3 is 2.57 bits per heavy atom. The number of rotatable bonds is 2. The minimum absolute atomic E-state index is 0.0124. The summed E-state index contributed by atoms with van der Waals surface area (Å²) < 4.78 is 0.915. The summed E-state index contributed by atoms with van der Waals surface area (Å²) >= 11 is 3.32. The lowest BCUT2D eigenvalue weighted by atomic mass is 10.2. The van der Waals surface area contributed by atoms with E-state index < -0.39 is 5.91 Å². The van der Waals surface area contributed by atoms with Crippen molar-refractivity contribution >= 4 is 38.4 Å². The fourth-order valence-corrected chi connectivity index (χ4v) is 2.18. The summed E-state index contributed by atoms with van der Waals surface area (Å²) in [6.45, 7) is 0. The van der Waals surface area contributed by atoms with Crippen molar-refractivity contribution in [3.05, 3.63) is 69.2 Å². The van der Waals surface area contributed by atoms with Crippen LogP contribution >= 0.6 is 15.9 Å². The Morgan fingerprint density at radius 1 is 1.10 bits per heavy atom. The zero-order valence-corrected chi connectivity index (χ0v) is 12.3. The number of halogens is 1. The smallest absolute Gasteiger partial charge is 0.291 e. The zero-order chi connectivity index (χ0) is 14.8. The molecule has 0 aliphatic heterocycles. The molecule has 2 aromatic carbocycles. The molecule has 104 valence electrons. The number of nitrogens with zero attached hydrogens (tertiary/aromatic N) is 1. The third-order valence-electron chi connectivity index (χ3n) is 2.93. The molecule has 0 fully saturated rings. The fourth-order valence-electron chi connectivity index (χ4n) is 1.92. The molecule has 0 aliphatic rings. The number of carbonyl (C=O) groups is 1. The topological polar surface area (TPSA) is 74.8 Å². The first-order valence-corrected chi connectivity index (χ1v) is 6.99. The lowest BCUT2D eigenvalue weighted by molar-refractivity contribution is 0.101. The van der Waals surface area contributed by atoms with Crippen molar-refractivity contribution in [2.45, 2.75) is 0 Å². The second-order valence-electron chi connectivity index (χ2n) is 4.39. The van der Waals surface area contributed by atoms with Crippen molar-refractivity contribution in [3.8, 4) is 0 Å². The van der Waals surface area contributed by atoms with Gasteiger partial charge in [0.15, 0.2) is 5.82 Å². The molecule has 0 saturated carbocycles. The van der Waals surface area contributed by atoms with Crippen LogP contribution in [0.15, 0.2) is 57.8 Å². The van der Waals surface area contributed by atoms with Crippen molar-refractivity contribution in [3.63, 3.8) is 0 Å². The number of aromatic amines is 1. The van der Waals surface area contributed by atoms with Crippen LogP contribution in [-0.4, -0.2) is 15.9 Å². The molecule has 5 nitrogen and oxygen atoms in total. The van der Waals surface area contributed by atoms with Gasteiger partial charge in [-0.1, -0.05) is 28.1 Å². The molecule has 3 aromatic rings. The van der Waals surface area contributed by atoms with Gasteiger partial charge in [0.05, 0.1) is 10.9 Å². The van der Waals surface area contributed by atoms with Crippen LogP contribution < -0.4 is 10.9 Å². The number of para-hydroxylation sites is 1. The average Bonchev–Trinajstić information content (AvgIpc) is 2.49. The Hall–Kier alpha value is -2.47. The third kappa shape index (κ3) is 2.85. The number of benzene rings is 2. The van der Waals surface area contributed by atoms with Gasteiger partial charge in [-0.3, -0.25) is 9.59 Å². The largest absolute Gasteiger partial charge is 0.319 e. The highest BCUT2D eigenvalue weighted by atomic mass is 79.9. The van der Waals surface area contributed by atoms with Gasteiger partial charge in [0.2, 0.25) is 0 Å². The monoisotopic (exact) mass is 343 g/mol. The number of fused-ring (bicyclic) bond motifs is 1. The molecule has 0 unspecified atom stereocenters. The Bertz CT molecular complexity index is 872. The lowest BCUT2D eigenvalue weighted by Crippen LogP contribution is -2.21. The second-order valence-corrected chi connectivity index (χ2v) is 5.31. The first kappa shape index (κ1) is 13.5. The van der Waals surface area contributed by atoms with E-state index in [4.69, 9.17) is 0 Å². The van der Waals surface area contributed by atoms with Crippen LogP contribution in [0.3, 0.4) is 0 Å². The summed E-state index contributed by atoms with van der Waals surface area (Å²) in [7, 11) is 0. The number of aromatic nitrogens is 2. The minimum Gasteiger partial charge on any atom is -0.319 e. The predicted molar refractivity (Wildman–Crippen MR) is 84.5 cm³/mol. The van der Waals surface area contributed by atoms with E-state index in [0.717, 1.165) is 4.47 Å². The van der Waals surface area contributed by atoms with Crippen molar-refractivity contribution in [1.29, 1.82) is 0 Å². The number of hydrogen-bond acceptors (Lipinski definition) is 3. The van der Waals surface area contributed by atoms with Gasteiger partial charge in [0, 0.05) is 10.2 Å². The van der Waals surface area contributed by atoms with Crippen LogP contribution in [-0.2, 0) is 0 Å². The summed E-state index contributed by atoms with van der Waals surface area (Å²) in [6, 6.07) is 14.0. The highest BCUT2D eigenvalue weighted by Crippen LogP contribution is 2.14. The first-order valence-electron chi connectivity index (χ1n) is 6.19. The SMILES string of the molecule is O=C(Nc1ccc(Br)cc1)c1nc2ccccc2c(=O)[nH]1. The molecule has 0 aliphatic carbocycles. The summed E-state index contributed by atoms with van der Waals surface area (Å²) in [4.78, 5) is 30.7. The summed E-state index contributed by atoms with van der Waals surface area (Å²) in [5, 5.41) is 3.14. The third-order valence-corrected chi connectivity index (χ3v) is 3.46. The van der Waals surface area contributed by atoms with Gasteiger partial charge >= 0.3 is 0 Å². The van der Waals surface area contributed by atoms with Gasteiger partial charge in [-0.15, -0.1) is 0 Å². The summed E-state index contributed by atoms with van der Waals surface area (Å²) in [5.74, 6) is -0.471. The highest BCUT2D eigenvalue weighted by molar-refractivity contribution is 9.10. The molecule has 6 heteroatoms. The van der Waals surface area contributed by atoms with Crippen molar-refractivity contribution in [2.75, 3.05) is 5.32 Å². The van der Waals surface area contributed by atoms with Crippen LogP contribution in [0.25, 0.3) is 10.9 Å². The van der Waals surface area contributed by atoms with E-state index in [1.54, 1.807) is 36.4 Å². The molecule has 0 spiro atoms. The van der Waals surface area contributed by atoms with Gasteiger partial charge < -0.3 is 10.3 Å². The van der Waals surface area contributed by atoms with Gasteiger partial charge in [0.25, 0.3) is 11.5 Å². The highest BCUT2D eigenvalue weighted by Gasteiger charge is 2.11. The average molecular weight is 344 g/mol. The van der Waals surface area contributed by atoms with Crippen LogP contribution in [0.4, 0.5) is 5.69 Å². The molecule has 2 N–H and O–H groups in total. The molecule has 0 radical (unpaired) electrons. The van der Waals surface area contributed by atoms with E-state index in [9.17, 15) is 9.59 Å². The molecule has 3 rings (SSSR count).